The van der Waals surface area contributed by atoms with Crippen LogP contribution in [0.15, 0.2) is 0 Å². The van der Waals surface area contributed by atoms with Gasteiger partial charge in [-0.3, -0.25) is 4.79 Å². The van der Waals surface area contributed by atoms with Crippen LogP contribution in [-0.4, -0.2) is 21.3 Å². The summed E-state index contributed by atoms with van der Waals surface area (Å²) < 4.78 is 1.93. The quantitative estimate of drug-likeness (QED) is 0.597. The molecule has 0 N–H and O–H groups in total. The molecule has 17 heavy (non-hydrogen) atoms. The molecule has 0 aliphatic heterocycles. The van der Waals surface area contributed by atoms with Crippen LogP contribution in [0.1, 0.15) is 80.5 Å². The van der Waals surface area contributed by atoms with E-state index in [1.807, 2.05) is 4.68 Å². The molecular formula is C13H21N3O. The summed E-state index contributed by atoms with van der Waals surface area (Å²) in [6.45, 7) is 4.17. The highest BCUT2D eigenvalue weighted by atomic mass is 16.1. The molecular weight excluding hydrogens is 214 g/mol. The van der Waals surface area contributed by atoms with Crippen molar-refractivity contribution in [1.29, 1.82) is 0 Å². The Morgan fingerprint density at radius 2 is 1.88 bits per heavy atom. The van der Waals surface area contributed by atoms with Crippen molar-refractivity contribution in [3.63, 3.8) is 0 Å². The zero-order valence-corrected chi connectivity index (χ0v) is 10.7. The number of carbonyl (C=O) groups is 1. The highest BCUT2D eigenvalue weighted by molar-refractivity contribution is 5.73. The van der Waals surface area contributed by atoms with Crippen LogP contribution in [-0.2, 0) is 0 Å². The molecule has 94 valence electrons. The summed E-state index contributed by atoms with van der Waals surface area (Å²) in [4.78, 5) is 11.1. The molecule has 0 bridgehead atoms. The van der Waals surface area contributed by atoms with Gasteiger partial charge in [-0.25, -0.2) is 4.68 Å². The number of aldehydes is 1. The predicted octanol–water partition coefficient (Wildman–Crippen LogP) is 3.11. The molecule has 4 heteroatoms. The Morgan fingerprint density at radius 1 is 1.24 bits per heavy atom. The van der Waals surface area contributed by atoms with E-state index in [9.17, 15) is 4.79 Å². The predicted molar refractivity (Wildman–Crippen MR) is 66.2 cm³/mol. The highest BCUT2D eigenvalue weighted by Gasteiger charge is 2.24. The van der Waals surface area contributed by atoms with Crippen molar-refractivity contribution in [3.05, 3.63) is 11.4 Å². The lowest BCUT2D eigenvalue weighted by molar-refractivity contribution is 0.111. The summed E-state index contributed by atoms with van der Waals surface area (Å²) >= 11 is 0. The van der Waals surface area contributed by atoms with Crippen molar-refractivity contribution in [2.75, 3.05) is 0 Å². The van der Waals surface area contributed by atoms with Gasteiger partial charge in [0.15, 0.2) is 6.29 Å². The van der Waals surface area contributed by atoms with E-state index in [-0.39, 0.29) is 6.04 Å². The summed E-state index contributed by atoms with van der Waals surface area (Å²) in [6.07, 6.45) is 8.33. The lowest BCUT2D eigenvalue weighted by Crippen LogP contribution is -2.12. The normalized spacial score (nSPS) is 18.3. The highest BCUT2D eigenvalue weighted by Crippen LogP contribution is 2.33. The maximum Gasteiger partial charge on any atom is 0.172 e. The molecule has 0 unspecified atom stereocenters. The number of carbonyl (C=O) groups excluding carboxylic acids is 1. The van der Waals surface area contributed by atoms with E-state index < -0.39 is 0 Å². The Bertz CT molecular complexity index is 376. The smallest absolute Gasteiger partial charge is 0.172 e. The van der Waals surface area contributed by atoms with Crippen molar-refractivity contribution in [1.82, 2.24) is 15.0 Å². The Kier molecular flexibility index (Phi) is 3.92. The molecule has 0 amide bonds. The van der Waals surface area contributed by atoms with Crippen LogP contribution < -0.4 is 0 Å². The molecule has 0 radical (unpaired) electrons. The fraction of sp³-hybridized carbons (Fsp3) is 0.769. The minimum atomic E-state index is 0.273. The Balaban J connectivity index is 2.33. The van der Waals surface area contributed by atoms with Crippen molar-refractivity contribution in [3.8, 4) is 0 Å². The second-order valence-electron chi connectivity index (χ2n) is 5.20. The zero-order chi connectivity index (χ0) is 12.3. The molecule has 0 aromatic carbocycles. The van der Waals surface area contributed by atoms with E-state index in [2.05, 4.69) is 24.2 Å². The summed E-state index contributed by atoms with van der Waals surface area (Å²) in [5, 5.41) is 8.13. The zero-order valence-electron chi connectivity index (χ0n) is 10.7. The van der Waals surface area contributed by atoms with Gasteiger partial charge in [-0.2, -0.15) is 0 Å². The molecule has 1 aromatic heterocycles. The van der Waals surface area contributed by atoms with Gasteiger partial charge >= 0.3 is 0 Å². The summed E-state index contributed by atoms with van der Waals surface area (Å²) in [6, 6.07) is 0.273. The molecule has 1 aliphatic carbocycles. The van der Waals surface area contributed by atoms with Crippen LogP contribution in [0.25, 0.3) is 0 Å². The molecule has 4 nitrogen and oxygen atoms in total. The number of nitrogens with zero attached hydrogens (tertiary/aromatic N) is 3. The first-order valence-corrected chi connectivity index (χ1v) is 6.64. The van der Waals surface area contributed by atoms with Crippen molar-refractivity contribution >= 4 is 6.29 Å². The fourth-order valence-corrected chi connectivity index (χ4v) is 2.73. The van der Waals surface area contributed by atoms with Crippen LogP contribution in [0.3, 0.4) is 0 Å². The largest absolute Gasteiger partial charge is 0.296 e. The first kappa shape index (κ1) is 12.3. The van der Waals surface area contributed by atoms with Gasteiger partial charge in [0.2, 0.25) is 0 Å². The first-order chi connectivity index (χ1) is 8.24. The molecule has 0 atom stereocenters. The maximum atomic E-state index is 11.1. The standard InChI is InChI=1S/C13H21N3O/c1-10(2)16-13(12(9-17)14-15-16)11-7-5-3-4-6-8-11/h9-11H,3-8H2,1-2H3. The minimum Gasteiger partial charge on any atom is -0.296 e. The third-order valence-electron chi connectivity index (χ3n) is 3.60. The van der Waals surface area contributed by atoms with E-state index in [1.54, 1.807) is 0 Å². The number of aromatic nitrogens is 3. The Labute approximate surface area is 102 Å². The van der Waals surface area contributed by atoms with Gasteiger partial charge in [-0.1, -0.05) is 30.9 Å². The molecule has 1 fully saturated rings. The van der Waals surface area contributed by atoms with E-state index >= 15 is 0 Å². The van der Waals surface area contributed by atoms with Gasteiger partial charge in [-0.15, -0.1) is 5.10 Å². The average Bonchev–Trinajstić information content (AvgIpc) is 2.57. The van der Waals surface area contributed by atoms with Gasteiger partial charge in [0.1, 0.15) is 5.69 Å². The van der Waals surface area contributed by atoms with Gasteiger partial charge < -0.3 is 0 Å². The first-order valence-electron chi connectivity index (χ1n) is 6.64. The van der Waals surface area contributed by atoms with Crippen LogP contribution in [0, 0.1) is 0 Å². The second-order valence-corrected chi connectivity index (χ2v) is 5.20. The van der Waals surface area contributed by atoms with E-state index in [4.69, 9.17) is 0 Å². The molecule has 1 aromatic rings. The molecule has 0 spiro atoms. The van der Waals surface area contributed by atoms with Crippen molar-refractivity contribution in [2.45, 2.75) is 64.3 Å². The van der Waals surface area contributed by atoms with E-state index in [0.717, 1.165) is 12.0 Å². The van der Waals surface area contributed by atoms with E-state index in [1.165, 1.54) is 38.5 Å². The lowest BCUT2D eigenvalue weighted by atomic mass is 9.95. The Morgan fingerprint density at radius 3 is 2.41 bits per heavy atom. The average molecular weight is 235 g/mol. The number of hydrogen-bond acceptors (Lipinski definition) is 3. The fourth-order valence-electron chi connectivity index (χ4n) is 2.73. The summed E-state index contributed by atoms with van der Waals surface area (Å²) in [7, 11) is 0. The van der Waals surface area contributed by atoms with Gasteiger partial charge in [0.05, 0.1) is 5.69 Å². The van der Waals surface area contributed by atoms with Crippen LogP contribution in [0.2, 0.25) is 0 Å². The second kappa shape index (κ2) is 5.43. The monoisotopic (exact) mass is 235 g/mol. The Hall–Kier alpha value is -1.19. The minimum absolute atomic E-state index is 0.273. The van der Waals surface area contributed by atoms with Gasteiger partial charge in [0.25, 0.3) is 0 Å². The van der Waals surface area contributed by atoms with Gasteiger partial charge in [0, 0.05) is 12.0 Å². The molecule has 1 heterocycles. The molecule has 1 aliphatic rings. The summed E-state index contributed by atoms with van der Waals surface area (Å²) in [5.74, 6) is 0.468. The summed E-state index contributed by atoms with van der Waals surface area (Å²) in [5.41, 5.74) is 1.61. The molecule has 0 saturated heterocycles. The maximum absolute atomic E-state index is 11.1. The van der Waals surface area contributed by atoms with Crippen molar-refractivity contribution < 1.29 is 4.79 Å². The van der Waals surface area contributed by atoms with Gasteiger partial charge in [-0.05, 0) is 26.7 Å². The SMILES string of the molecule is CC(C)n1nnc(C=O)c1C1CCCCCC1. The topological polar surface area (TPSA) is 47.8 Å². The number of rotatable bonds is 3. The van der Waals surface area contributed by atoms with E-state index in [0.29, 0.717) is 11.6 Å². The van der Waals surface area contributed by atoms with Crippen molar-refractivity contribution in [2.24, 2.45) is 0 Å². The third kappa shape index (κ3) is 2.56. The third-order valence-corrected chi connectivity index (χ3v) is 3.60. The van der Waals surface area contributed by atoms with Crippen LogP contribution in [0.4, 0.5) is 0 Å². The van der Waals surface area contributed by atoms with Crippen LogP contribution >= 0.6 is 0 Å². The number of hydrogen-bond donors (Lipinski definition) is 0. The molecule has 1 saturated carbocycles. The molecule has 2 rings (SSSR count). The van der Waals surface area contributed by atoms with Crippen LogP contribution in [0.5, 0.6) is 0 Å². The lowest BCUT2D eigenvalue weighted by Gasteiger charge is -2.18.